The van der Waals surface area contributed by atoms with Crippen LogP contribution in [0.2, 0.25) is 0 Å². The Morgan fingerprint density at radius 2 is 2.14 bits per heavy atom. The van der Waals surface area contributed by atoms with Gasteiger partial charge in [-0.1, -0.05) is 18.2 Å². The molecule has 0 saturated heterocycles. The van der Waals surface area contributed by atoms with Crippen molar-refractivity contribution in [3.8, 4) is 5.75 Å². The van der Waals surface area contributed by atoms with Gasteiger partial charge in [-0.15, -0.1) is 0 Å². The van der Waals surface area contributed by atoms with Gasteiger partial charge in [-0.25, -0.2) is 8.78 Å². The zero-order valence-electron chi connectivity index (χ0n) is 7.93. The highest BCUT2D eigenvalue weighted by Crippen LogP contribution is 2.20. The number of nitrogens with one attached hydrogen (secondary N) is 1. The van der Waals surface area contributed by atoms with Gasteiger partial charge in [-0.3, -0.25) is 0 Å². The van der Waals surface area contributed by atoms with Gasteiger partial charge in [0.15, 0.2) is 0 Å². The summed E-state index contributed by atoms with van der Waals surface area (Å²) in [5, 5.41) is 12.1. The van der Waals surface area contributed by atoms with Crippen molar-refractivity contribution in [1.82, 2.24) is 5.32 Å². The molecular weight excluding hydrogens is 188 g/mol. The summed E-state index contributed by atoms with van der Waals surface area (Å²) >= 11 is 0. The number of aryl methyl sites for hydroxylation is 1. The van der Waals surface area contributed by atoms with E-state index in [1.807, 2.05) is 0 Å². The summed E-state index contributed by atoms with van der Waals surface area (Å²) < 4.78 is 23.6. The van der Waals surface area contributed by atoms with Crippen molar-refractivity contribution in [1.29, 1.82) is 0 Å². The highest BCUT2D eigenvalue weighted by Gasteiger charge is 2.05. The van der Waals surface area contributed by atoms with E-state index in [2.05, 4.69) is 5.32 Å². The quantitative estimate of drug-likeness (QED) is 0.781. The molecule has 0 unspecified atom stereocenters. The Labute approximate surface area is 81.6 Å². The van der Waals surface area contributed by atoms with Gasteiger partial charge in [-0.2, -0.15) is 0 Å². The minimum absolute atomic E-state index is 0.175. The lowest BCUT2D eigenvalue weighted by Crippen LogP contribution is -2.20. The van der Waals surface area contributed by atoms with Crippen LogP contribution in [-0.4, -0.2) is 18.1 Å². The topological polar surface area (TPSA) is 32.3 Å². The molecule has 0 fully saturated rings. The number of alkyl halides is 2. The van der Waals surface area contributed by atoms with E-state index in [4.69, 9.17) is 0 Å². The van der Waals surface area contributed by atoms with E-state index in [0.29, 0.717) is 5.56 Å². The summed E-state index contributed by atoms with van der Waals surface area (Å²) in [7, 11) is 0. The average molecular weight is 201 g/mol. The smallest absolute Gasteiger partial charge is 0.250 e. The Morgan fingerprint density at radius 1 is 1.43 bits per heavy atom. The van der Waals surface area contributed by atoms with Gasteiger partial charge in [0, 0.05) is 12.1 Å². The molecule has 0 saturated carbocycles. The van der Waals surface area contributed by atoms with Crippen LogP contribution in [0, 0.1) is 6.92 Å². The van der Waals surface area contributed by atoms with Crippen molar-refractivity contribution in [2.24, 2.45) is 0 Å². The highest BCUT2D eigenvalue weighted by atomic mass is 19.3. The van der Waals surface area contributed by atoms with Crippen LogP contribution < -0.4 is 5.32 Å². The first-order chi connectivity index (χ1) is 6.61. The molecule has 0 spiro atoms. The lowest BCUT2D eigenvalue weighted by molar-refractivity contribution is 0.145. The molecule has 0 radical (unpaired) electrons. The second-order valence-corrected chi connectivity index (χ2v) is 3.10. The van der Waals surface area contributed by atoms with Crippen LogP contribution >= 0.6 is 0 Å². The molecule has 4 heteroatoms. The van der Waals surface area contributed by atoms with Crippen LogP contribution in [-0.2, 0) is 6.54 Å². The van der Waals surface area contributed by atoms with Gasteiger partial charge in [0.25, 0.3) is 6.43 Å². The Hall–Kier alpha value is -1.16. The van der Waals surface area contributed by atoms with Crippen molar-refractivity contribution >= 4 is 0 Å². The van der Waals surface area contributed by atoms with Crippen LogP contribution in [0.1, 0.15) is 11.1 Å². The molecule has 0 heterocycles. The molecule has 0 atom stereocenters. The Kier molecular flexibility index (Phi) is 3.83. The molecular formula is C10H13F2NO. The van der Waals surface area contributed by atoms with Crippen molar-refractivity contribution in [2.75, 3.05) is 6.54 Å². The lowest BCUT2D eigenvalue weighted by Gasteiger charge is -2.07. The van der Waals surface area contributed by atoms with Crippen LogP contribution in [0.4, 0.5) is 8.78 Å². The van der Waals surface area contributed by atoms with E-state index in [0.717, 1.165) is 5.56 Å². The number of phenolic OH excluding ortho intramolecular Hbond substituents is 1. The van der Waals surface area contributed by atoms with E-state index in [-0.39, 0.29) is 18.8 Å². The first kappa shape index (κ1) is 10.9. The van der Waals surface area contributed by atoms with Crippen LogP contribution in [0.25, 0.3) is 0 Å². The van der Waals surface area contributed by atoms with Gasteiger partial charge in [0.1, 0.15) is 5.75 Å². The van der Waals surface area contributed by atoms with Gasteiger partial charge in [-0.05, 0) is 12.5 Å². The maximum Gasteiger partial charge on any atom is 0.250 e. The van der Waals surface area contributed by atoms with Crippen molar-refractivity contribution < 1.29 is 13.9 Å². The molecule has 0 aromatic heterocycles. The molecule has 0 amide bonds. The zero-order chi connectivity index (χ0) is 10.6. The van der Waals surface area contributed by atoms with Gasteiger partial charge < -0.3 is 10.4 Å². The Morgan fingerprint density at radius 3 is 2.79 bits per heavy atom. The van der Waals surface area contributed by atoms with Crippen LogP contribution in [0.5, 0.6) is 5.75 Å². The number of halogens is 2. The zero-order valence-corrected chi connectivity index (χ0v) is 7.93. The SMILES string of the molecule is Cc1cccc(CNCC(F)F)c1O. The molecule has 78 valence electrons. The van der Waals surface area contributed by atoms with E-state index in [1.165, 1.54) is 0 Å². The maximum absolute atomic E-state index is 11.8. The fraction of sp³-hybridized carbons (Fsp3) is 0.400. The lowest BCUT2D eigenvalue weighted by atomic mass is 10.1. The summed E-state index contributed by atoms with van der Waals surface area (Å²) in [4.78, 5) is 0. The highest BCUT2D eigenvalue weighted by molar-refractivity contribution is 5.39. The van der Waals surface area contributed by atoms with E-state index >= 15 is 0 Å². The molecule has 0 bridgehead atoms. The minimum Gasteiger partial charge on any atom is -0.507 e. The second-order valence-electron chi connectivity index (χ2n) is 3.10. The van der Waals surface area contributed by atoms with Crippen LogP contribution in [0.15, 0.2) is 18.2 Å². The second kappa shape index (κ2) is 4.91. The maximum atomic E-state index is 11.8. The number of aromatic hydroxyl groups is 1. The largest absolute Gasteiger partial charge is 0.507 e. The Bertz CT molecular complexity index is 302. The average Bonchev–Trinajstić information content (AvgIpc) is 2.12. The van der Waals surface area contributed by atoms with Crippen molar-refractivity contribution in [2.45, 2.75) is 19.9 Å². The molecule has 1 aromatic rings. The summed E-state index contributed by atoms with van der Waals surface area (Å²) in [6, 6.07) is 5.27. The normalized spacial score (nSPS) is 10.9. The summed E-state index contributed by atoms with van der Waals surface area (Å²) in [6.45, 7) is 1.68. The number of para-hydroxylation sites is 1. The summed E-state index contributed by atoms with van der Waals surface area (Å²) in [5.74, 6) is 0.175. The van der Waals surface area contributed by atoms with Crippen LogP contribution in [0.3, 0.4) is 0 Å². The standard InChI is InChI=1S/C10H13F2NO/c1-7-3-2-4-8(10(7)14)5-13-6-9(11)12/h2-4,9,13-14H,5-6H2,1H3. The predicted molar refractivity (Wildman–Crippen MR) is 50.6 cm³/mol. The Balaban J connectivity index is 2.54. The molecule has 2 N–H and O–H groups in total. The molecule has 2 nitrogen and oxygen atoms in total. The summed E-state index contributed by atoms with van der Waals surface area (Å²) in [6.07, 6.45) is -2.36. The van der Waals surface area contributed by atoms with Gasteiger partial charge in [0.05, 0.1) is 6.54 Å². The molecule has 1 rings (SSSR count). The number of benzene rings is 1. The van der Waals surface area contributed by atoms with Crippen molar-refractivity contribution in [3.05, 3.63) is 29.3 Å². The number of rotatable bonds is 4. The fourth-order valence-electron chi connectivity index (χ4n) is 1.18. The van der Waals surface area contributed by atoms with Gasteiger partial charge in [0.2, 0.25) is 0 Å². The van der Waals surface area contributed by atoms with Gasteiger partial charge >= 0.3 is 0 Å². The predicted octanol–water partition coefficient (Wildman–Crippen LogP) is 2.06. The third-order valence-electron chi connectivity index (χ3n) is 1.94. The van der Waals surface area contributed by atoms with E-state index in [9.17, 15) is 13.9 Å². The van der Waals surface area contributed by atoms with Crippen molar-refractivity contribution in [3.63, 3.8) is 0 Å². The van der Waals surface area contributed by atoms with E-state index in [1.54, 1.807) is 25.1 Å². The van der Waals surface area contributed by atoms with E-state index < -0.39 is 6.43 Å². The molecule has 1 aromatic carbocycles. The molecule has 14 heavy (non-hydrogen) atoms. The summed E-state index contributed by atoms with van der Waals surface area (Å²) in [5.41, 5.74) is 1.40. The number of phenols is 1. The molecule has 0 aliphatic heterocycles. The molecule has 0 aliphatic carbocycles. The third kappa shape index (κ3) is 2.96. The molecule has 0 aliphatic rings. The first-order valence-corrected chi connectivity index (χ1v) is 4.37. The monoisotopic (exact) mass is 201 g/mol. The third-order valence-corrected chi connectivity index (χ3v) is 1.94. The number of hydrogen-bond donors (Lipinski definition) is 2. The number of hydrogen-bond acceptors (Lipinski definition) is 2. The fourth-order valence-corrected chi connectivity index (χ4v) is 1.18. The first-order valence-electron chi connectivity index (χ1n) is 4.37. The minimum atomic E-state index is -2.36.